The summed E-state index contributed by atoms with van der Waals surface area (Å²) in [7, 11) is 1.47. The SMILES string of the molecule is CC.CC.Cc1ccc(-n2c(=O)n(C3CC3)c(=O)c3c(Nc4ccc5c(c4)CNC5=O)c(C)c(=O)n(C)c32)c(F)c1. The first-order valence-electron chi connectivity index (χ1n) is 14.0. The van der Waals surface area contributed by atoms with Crippen molar-refractivity contribution in [2.45, 2.75) is 67.0 Å². The predicted octanol–water partition coefficient (Wildman–Crippen LogP) is 4.98. The first kappa shape index (κ1) is 29.5. The molecular weight excluding hydrogens is 525 g/mol. The van der Waals surface area contributed by atoms with Crippen LogP contribution in [-0.4, -0.2) is 19.6 Å². The Kier molecular flexibility index (Phi) is 8.32. The maximum Gasteiger partial charge on any atom is 0.337 e. The van der Waals surface area contributed by atoms with Crippen molar-refractivity contribution in [3.63, 3.8) is 0 Å². The number of carbonyl (C=O) groups is 1. The van der Waals surface area contributed by atoms with Crippen LogP contribution in [0.25, 0.3) is 16.7 Å². The largest absolute Gasteiger partial charge is 0.354 e. The Morgan fingerprint density at radius 1 is 0.927 bits per heavy atom. The van der Waals surface area contributed by atoms with Crippen LogP contribution < -0.4 is 27.4 Å². The number of aromatic nitrogens is 3. The van der Waals surface area contributed by atoms with E-state index in [1.165, 1.54) is 28.3 Å². The summed E-state index contributed by atoms with van der Waals surface area (Å²) >= 11 is 0. The molecule has 2 aromatic carbocycles. The molecule has 0 bridgehead atoms. The second kappa shape index (κ2) is 11.6. The molecule has 1 saturated carbocycles. The van der Waals surface area contributed by atoms with Crippen molar-refractivity contribution < 1.29 is 9.18 Å². The number of rotatable bonds is 4. The van der Waals surface area contributed by atoms with E-state index in [9.17, 15) is 19.2 Å². The van der Waals surface area contributed by atoms with Crippen LogP contribution in [0.4, 0.5) is 15.8 Å². The Labute approximate surface area is 237 Å². The van der Waals surface area contributed by atoms with Crippen LogP contribution in [-0.2, 0) is 13.6 Å². The molecule has 2 N–H and O–H groups in total. The summed E-state index contributed by atoms with van der Waals surface area (Å²) in [5.41, 5.74) is 1.43. The molecule has 6 rings (SSSR count). The number of halogens is 1. The third kappa shape index (κ3) is 4.98. The van der Waals surface area contributed by atoms with Gasteiger partial charge in [-0.15, -0.1) is 0 Å². The zero-order chi connectivity index (χ0) is 30.2. The van der Waals surface area contributed by atoms with Crippen molar-refractivity contribution in [2.24, 2.45) is 7.05 Å². The average Bonchev–Trinajstić information content (AvgIpc) is 3.74. The number of carbonyl (C=O) groups excluding carboxylic acids is 1. The molecule has 4 aromatic rings. The maximum absolute atomic E-state index is 15.2. The van der Waals surface area contributed by atoms with Crippen LogP contribution in [0.1, 0.15) is 73.6 Å². The lowest BCUT2D eigenvalue weighted by Crippen LogP contribution is -2.42. The van der Waals surface area contributed by atoms with Crippen LogP contribution in [0.15, 0.2) is 50.8 Å². The second-order valence-corrected chi connectivity index (χ2v) is 9.72. The van der Waals surface area contributed by atoms with Gasteiger partial charge in [-0.2, -0.15) is 0 Å². The highest BCUT2D eigenvalue weighted by molar-refractivity contribution is 5.99. The Morgan fingerprint density at radius 3 is 2.24 bits per heavy atom. The Bertz CT molecular complexity index is 1850. The van der Waals surface area contributed by atoms with E-state index < -0.39 is 22.6 Å². The summed E-state index contributed by atoms with van der Waals surface area (Å²) in [5.74, 6) is -0.795. The number of hydrogen-bond donors (Lipinski definition) is 2. The second-order valence-electron chi connectivity index (χ2n) is 9.72. The van der Waals surface area contributed by atoms with Crippen molar-refractivity contribution in [3.8, 4) is 5.69 Å². The van der Waals surface area contributed by atoms with Crippen LogP contribution in [0.2, 0.25) is 0 Å². The van der Waals surface area contributed by atoms with Crippen molar-refractivity contribution in [1.29, 1.82) is 0 Å². The molecule has 1 fully saturated rings. The number of nitrogens with one attached hydrogen (secondary N) is 2. The Hall–Kier alpha value is -4.47. The van der Waals surface area contributed by atoms with Gasteiger partial charge in [0, 0.05) is 36.4 Å². The van der Waals surface area contributed by atoms with Gasteiger partial charge in [-0.05, 0) is 68.1 Å². The number of nitrogens with zero attached hydrogens (tertiary/aromatic N) is 3. The summed E-state index contributed by atoms with van der Waals surface area (Å²) in [5, 5.41) is 6.08. The molecule has 2 aromatic heterocycles. The number of pyridine rings is 1. The van der Waals surface area contributed by atoms with Crippen LogP contribution in [0, 0.1) is 19.7 Å². The van der Waals surface area contributed by atoms with E-state index in [4.69, 9.17) is 0 Å². The molecule has 0 spiro atoms. The molecule has 0 radical (unpaired) electrons. The highest BCUT2D eigenvalue weighted by Crippen LogP contribution is 2.34. The molecule has 41 heavy (non-hydrogen) atoms. The minimum Gasteiger partial charge on any atom is -0.354 e. The van der Waals surface area contributed by atoms with E-state index >= 15 is 4.39 Å². The van der Waals surface area contributed by atoms with Gasteiger partial charge in [-0.25, -0.2) is 13.8 Å². The fourth-order valence-corrected chi connectivity index (χ4v) is 5.07. The third-order valence-corrected chi connectivity index (χ3v) is 7.15. The molecule has 0 atom stereocenters. The molecule has 1 amide bonds. The van der Waals surface area contributed by atoms with E-state index in [0.29, 0.717) is 36.2 Å². The lowest BCUT2D eigenvalue weighted by molar-refractivity contribution is 0.0965. The van der Waals surface area contributed by atoms with Gasteiger partial charge in [-0.1, -0.05) is 33.8 Å². The Balaban J connectivity index is 0.000000929. The summed E-state index contributed by atoms with van der Waals surface area (Å²) in [4.78, 5) is 52.9. The number of aryl methyl sites for hydroxylation is 2. The first-order valence-corrected chi connectivity index (χ1v) is 14.0. The van der Waals surface area contributed by atoms with Crippen LogP contribution >= 0.6 is 0 Å². The van der Waals surface area contributed by atoms with Gasteiger partial charge in [0.05, 0.1) is 11.4 Å². The van der Waals surface area contributed by atoms with E-state index in [1.54, 1.807) is 38.1 Å². The van der Waals surface area contributed by atoms with Gasteiger partial charge in [0.1, 0.15) is 16.9 Å². The van der Waals surface area contributed by atoms with Gasteiger partial charge in [0.15, 0.2) is 0 Å². The molecule has 0 unspecified atom stereocenters. The normalized spacial score (nSPS) is 13.5. The molecular formula is C31H36FN5O4. The molecule has 216 valence electrons. The third-order valence-electron chi connectivity index (χ3n) is 7.15. The van der Waals surface area contributed by atoms with Crippen molar-refractivity contribution in [1.82, 2.24) is 19.0 Å². The summed E-state index contributed by atoms with van der Waals surface area (Å²) in [6.07, 6.45) is 1.33. The van der Waals surface area contributed by atoms with E-state index in [0.717, 1.165) is 10.1 Å². The van der Waals surface area contributed by atoms with Gasteiger partial charge in [0.2, 0.25) is 0 Å². The summed E-state index contributed by atoms with van der Waals surface area (Å²) < 4.78 is 18.7. The average molecular weight is 562 g/mol. The summed E-state index contributed by atoms with van der Waals surface area (Å²) in [6, 6.07) is 9.34. The van der Waals surface area contributed by atoms with Crippen LogP contribution in [0.5, 0.6) is 0 Å². The van der Waals surface area contributed by atoms with Gasteiger partial charge >= 0.3 is 5.69 Å². The zero-order valence-electron chi connectivity index (χ0n) is 24.5. The highest BCUT2D eigenvalue weighted by atomic mass is 19.1. The minimum atomic E-state index is -0.685. The highest BCUT2D eigenvalue weighted by Gasteiger charge is 2.32. The number of anilines is 2. The predicted molar refractivity (Wildman–Crippen MR) is 160 cm³/mol. The number of benzene rings is 2. The number of hydrogen-bond acceptors (Lipinski definition) is 5. The fourth-order valence-electron chi connectivity index (χ4n) is 5.07. The van der Waals surface area contributed by atoms with E-state index in [1.807, 2.05) is 27.7 Å². The zero-order valence-corrected chi connectivity index (χ0v) is 24.5. The molecule has 0 saturated heterocycles. The fraction of sp³-hybridized carbons (Fsp3) is 0.355. The molecule has 1 aliphatic carbocycles. The van der Waals surface area contributed by atoms with Crippen LogP contribution in [0.3, 0.4) is 0 Å². The molecule has 10 heteroatoms. The van der Waals surface area contributed by atoms with Gasteiger partial charge in [0.25, 0.3) is 17.0 Å². The minimum absolute atomic E-state index is 0.00533. The molecule has 3 heterocycles. The van der Waals surface area contributed by atoms with Crippen molar-refractivity contribution in [3.05, 3.63) is 95.7 Å². The lowest BCUT2D eigenvalue weighted by atomic mass is 10.1. The number of fused-ring (bicyclic) bond motifs is 2. The van der Waals surface area contributed by atoms with Crippen molar-refractivity contribution >= 4 is 28.3 Å². The smallest absolute Gasteiger partial charge is 0.337 e. The summed E-state index contributed by atoms with van der Waals surface area (Å²) in [6.45, 7) is 11.7. The Morgan fingerprint density at radius 2 is 1.61 bits per heavy atom. The maximum atomic E-state index is 15.2. The lowest BCUT2D eigenvalue weighted by Gasteiger charge is -2.21. The number of amides is 1. The van der Waals surface area contributed by atoms with Gasteiger partial charge < -0.3 is 10.6 Å². The van der Waals surface area contributed by atoms with Gasteiger partial charge in [-0.3, -0.25) is 23.5 Å². The quantitative estimate of drug-likeness (QED) is 0.366. The monoisotopic (exact) mass is 561 g/mol. The molecule has 9 nitrogen and oxygen atoms in total. The standard InChI is InChI=1S/C27H24FN5O4.2C2H6/c1-13-4-9-20(19(28)10-13)33-24-21(26(36)32(27(33)37)17-6-7-17)22(14(2)25(35)31(24)3)30-16-5-8-18-15(11-16)12-29-23(18)34;2*1-2/h4-5,8-11,17,30H,6-7,12H2,1-3H3,(H,29,34);2*1-2H3. The first-order chi connectivity index (χ1) is 19.7. The molecule has 1 aliphatic heterocycles. The topological polar surface area (TPSA) is 107 Å². The molecule has 2 aliphatic rings. The van der Waals surface area contributed by atoms with Crippen molar-refractivity contribution in [2.75, 3.05) is 5.32 Å². The van der Waals surface area contributed by atoms with E-state index in [-0.39, 0.29) is 39.9 Å². The van der Waals surface area contributed by atoms with E-state index in [2.05, 4.69) is 10.6 Å².